The number of halogens is 4. The first-order valence-electron chi connectivity index (χ1n) is 5.11. The summed E-state index contributed by atoms with van der Waals surface area (Å²) in [5.41, 5.74) is 1.18. The Labute approximate surface area is 102 Å². The number of benzene rings is 1. The highest BCUT2D eigenvalue weighted by atomic mass is 19.5. The molecule has 2 rings (SSSR count). The zero-order valence-electron chi connectivity index (χ0n) is 9.91. The quantitative estimate of drug-likeness (QED) is 0.437. The van der Waals surface area contributed by atoms with E-state index in [0.717, 1.165) is 11.1 Å². The van der Waals surface area contributed by atoms with Crippen LogP contribution in [0.15, 0.2) is 36.5 Å². The maximum absolute atomic E-state index is 9.75. The number of nitrogens with zero attached hydrogens (tertiary/aromatic N) is 1. The van der Waals surface area contributed by atoms with Gasteiger partial charge in [-0.05, 0) is 6.07 Å². The monoisotopic (exact) mass is 261 g/mol. The summed E-state index contributed by atoms with van der Waals surface area (Å²) in [6, 6.07) is 10.2. The Kier molecular flexibility index (Phi) is 4.52. The van der Waals surface area contributed by atoms with Gasteiger partial charge >= 0.3 is 7.25 Å². The SMILES string of the molecule is COc1cc[n+](C)c2ccccc12.F[B-](F)(F)F. The van der Waals surface area contributed by atoms with Gasteiger partial charge < -0.3 is 22.0 Å². The number of methoxy groups -OCH3 is 1. The summed E-state index contributed by atoms with van der Waals surface area (Å²) in [6.07, 6.45) is 2.00. The average molecular weight is 261 g/mol. The molecule has 0 saturated heterocycles. The van der Waals surface area contributed by atoms with Crippen molar-refractivity contribution in [2.24, 2.45) is 7.05 Å². The Morgan fingerprint density at radius 2 is 1.61 bits per heavy atom. The van der Waals surface area contributed by atoms with E-state index in [1.807, 2.05) is 31.4 Å². The van der Waals surface area contributed by atoms with E-state index in [2.05, 4.69) is 16.7 Å². The normalized spacial score (nSPS) is 10.8. The summed E-state index contributed by atoms with van der Waals surface area (Å²) in [6.45, 7) is 0. The third kappa shape index (κ3) is 4.23. The summed E-state index contributed by atoms with van der Waals surface area (Å²) in [5.74, 6) is 0.925. The molecule has 0 fully saturated rings. The van der Waals surface area contributed by atoms with Crippen molar-refractivity contribution in [3.63, 3.8) is 0 Å². The van der Waals surface area contributed by atoms with E-state index >= 15 is 0 Å². The molecule has 1 heterocycles. The lowest BCUT2D eigenvalue weighted by Crippen LogP contribution is -2.27. The molecule has 0 bridgehead atoms. The van der Waals surface area contributed by atoms with Crippen LogP contribution in [0.25, 0.3) is 10.9 Å². The van der Waals surface area contributed by atoms with Gasteiger partial charge in [0.1, 0.15) is 12.8 Å². The van der Waals surface area contributed by atoms with Crippen molar-refractivity contribution >= 4 is 18.2 Å². The highest BCUT2D eigenvalue weighted by Gasteiger charge is 2.20. The van der Waals surface area contributed by atoms with Crippen LogP contribution in [0, 0.1) is 0 Å². The van der Waals surface area contributed by atoms with Gasteiger partial charge in [0, 0.05) is 12.1 Å². The number of aryl methyl sites for hydroxylation is 1. The second kappa shape index (κ2) is 5.70. The number of fused-ring (bicyclic) bond motifs is 1. The van der Waals surface area contributed by atoms with Crippen LogP contribution in [0.2, 0.25) is 0 Å². The zero-order valence-corrected chi connectivity index (χ0v) is 9.91. The highest BCUT2D eigenvalue weighted by Crippen LogP contribution is 2.21. The minimum atomic E-state index is -6.00. The fourth-order valence-electron chi connectivity index (χ4n) is 1.52. The maximum Gasteiger partial charge on any atom is 0.673 e. The van der Waals surface area contributed by atoms with Crippen LogP contribution in [0.3, 0.4) is 0 Å². The van der Waals surface area contributed by atoms with E-state index in [9.17, 15) is 17.3 Å². The molecular formula is C11H12BF4NO. The number of hydrogen-bond acceptors (Lipinski definition) is 1. The summed E-state index contributed by atoms with van der Waals surface area (Å²) in [7, 11) is -2.27. The van der Waals surface area contributed by atoms with Crippen LogP contribution in [-0.4, -0.2) is 14.4 Å². The van der Waals surface area contributed by atoms with Crippen molar-refractivity contribution in [1.82, 2.24) is 0 Å². The van der Waals surface area contributed by atoms with Gasteiger partial charge in [-0.25, -0.2) is 4.57 Å². The van der Waals surface area contributed by atoms with Gasteiger partial charge in [-0.3, -0.25) is 0 Å². The standard InChI is InChI=1S/C11H12NO.BF4/c1-12-8-7-11(13-2)9-5-3-4-6-10(9)12;2-1(3,4)5/h3-8H,1-2H3;/q+1;-1. The molecule has 7 heteroatoms. The second-order valence-electron chi connectivity index (χ2n) is 3.51. The molecule has 0 saturated carbocycles. The van der Waals surface area contributed by atoms with Crippen molar-refractivity contribution in [3.8, 4) is 5.75 Å². The first-order chi connectivity index (χ1) is 8.33. The van der Waals surface area contributed by atoms with Crippen molar-refractivity contribution in [2.45, 2.75) is 0 Å². The van der Waals surface area contributed by atoms with Crippen LogP contribution < -0.4 is 9.30 Å². The lowest BCUT2D eigenvalue weighted by Gasteiger charge is -2.02. The predicted molar refractivity (Wildman–Crippen MR) is 61.9 cm³/mol. The molecule has 1 aromatic heterocycles. The number of pyridine rings is 1. The molecule has 0 radical (unpaired) electrons. The molecule has 0 unspecified atom stereocenters. The van der Waals surface area contributed by atoms with Crippen molar-refractivity contribution in [3.05, 3.63) is 36.5 Å². The molecule has 0 amide bonds. The van der Waals surface area contributed by atoms with Gasteiger partial charge in [0.25, 0.3) is 0 Å². The zero-order chi connectivity index (χ0) is 13.8. The summed E-state index contributed by atoms with van der Waals surface area (Å²) in [4.78, 5) is 0. The molecule has 0 N–H and O–H groups in total. The summed E-state index contributed by atoms with van der Waals surface area (Å²) >= 11 is 0. The van der Waals surface area contributed by atoms with Gasteiger partial charge in [-0.2, -0.15) is 0 Å². The molecule has 1 aromatic carbocycles. The van der Waals surface area contributed by atoms with Gasteiger partial charge in [0.15, 0.2) is 6.20 Å². The number of hydrogen-bond donors (Lipinski definition) is 0. The second-order valence-corrected chi connectivity index (χ2v) is 3.51. The molecule has 0 aliphatic rings. The number of aromatic nitrogens is 1. The van der Waals surface area contributed by atoms with Crippen molar-refractivity contribution in [2.75, 3.05) is 7.11 Å². The largest absolute Gasteiger partial charge is 0.673 e. The third-order valence-corrected chi connectivity index (χ3v) is 2.22. The van der Waals surface area contributed by atoms with Crippen LogP contribution in [0.5, 0.6) is 5.75 Å². The molecule has 2 nitrogen and oxygen atoms in total. The molecule has 0 aliphatic carbocycles. The minimum Gasteiger partial charge on any atom is -0.496 e. The van der Waals surface area contributed by atoms with Gasteiger partial charge in [-0.15, -0.1) is 0 Å². The maximum atomic E-state index is 9.75. The Bertz CT molecular complexity index is 524. The van der Waals surface area contributed by atoms with E-state index in [0.29, 0.717) is 0 Å². The summed E-state index contributed by atoms with van der Waals surface area (Å²) < 4.78 is 46.4. The lowest BCUT2D eigenvalue weighted by molar-refractivity contribution is -0.644. The lowest BCUT2D eigenvalue weighted by atomic mass is 10.2. The Morgan fingerprint density at radius 3 is 2.17 bits per heavy atom. The van der Waals surface area contributed by atoms with Gasteiger partial charge in [0.05, 0.1) is 12.5 Å². The van der Waals surface area contributed by atoms with E-state index in [1.54, 1.807) is 7.11 Å². The molecule has 0 aliphatic heterocycles. The van der Waals surface area contributed by atoms with Crippen LogP contribution >= 0.6 is 0 Å². The molecular weight excluding hydrogens is 249 g/mol. The average Bonchev–Trinajstić information content (AvgIpc) is 2.28. The molecule has 18 heavy (non-hydrogen) atoms. The molecule has 98 valence electrons. The molecule has 0 spiro atoms. The first-order valence-corrected chi connectivity index (χ1v) is 5.11. The van der Waals surface area contributed by atoms with E-state index in [1.165, 1.54) is 5.52 Å². The Morgan fingerprint density at radius 1 is 1.06 bits per heavy atom. The van der Waals surface area contributed by atoms with Crippen LogP contribution in [-0.2, 0) is 7.05 Å². The predicted octanol–water partition coefficient (Wildman–Crippen LogP) is 2.97. The molecule has 2 aromatic rings. The Hall–Kier alpha value is -1.79. The third-order valence-electron chi connectivity index (χ3n) is 2.22. The Balaban J connectivity index is 0.000000280. The molecule has 0 atom stereocenters. The van der Waals surface area contributed by atoms with Gasteiger partial charge in [-0.1, -0.05) is 12.1 Å². The highest BCUT2D eigenvalue weighted by molar-refractivity contribution is 6.50. The number of para-hydroxylation sites is 1. The van der Waals surface area contributed by atoms with Gasteiger partial charge in [0.2, 0.25) is 5.52 Å². The van der Waals surface area contributed by atoms with E-state index < -0.39 is 7.25 Å². The van der Waals surface area contributed by atoms with Crippen molar-refractivity contribution < 1.29 is 26.6 Å². The fourth-order valence-corrected chi connectivity index (χ4v) is 1.52. The fraction of sp³-hybridized carbons (Fsp3) is 0.182. The van der Waals surface area contributed by atoms with E-state index in [4.69, 9.17) is 4.74 Å². The number of rotatable bonds is 1. The number of ether oxygens (including phenoxy) is 1. The first kappa shape index (κ1) is 14.3. The summed E-state index contributed by atoms with van der Waals surface area (Å²) in [5, 5.41) is 1.15. The minimum absolute atomic E-state index is 0.925. The smallest absolute Gasteiger partial charge is 0.496 e. The van der Waals surface area contributed by atoms with Crippen molar-refractivity contribution in [1.29, 1.82) is 0 Å². The van der Waals surface area contributed by atoms with Crippen LogP contribution in [0.4, 0.5) is 17.3 Å². The topological polar surface area (TPSA) is 13.1 Å². The van der Waals surface area contributed by atoms with Crippen LogP contribution in [0.1, 0.15) is 0 Å². The van der Waals surface area contributed by atoms with E-state index in [-0.39, 0.29) is 0 Å².